The normalized spacial score (nSPS) is 12.7. The van der Waals surface area contributed by atoms with Gasteiger partial charge in [0.15, 0.2) is 5.82 Å². The number of nitrogens with two attached hydrogens (primary N) is 1. The van der Waals surface area contributed by atoms with Crippen LogP contribution in [0, 0.1) is 0 Å². The second-order valence-corrected chi connectivity index (χ2v) is 3.53. The number of hydrogen-bond donors (Lipinski definition) is 3. The van der Waals surface area contributed by atoms with Gasteiger partial charge in [0.25, 0.3) is 0 Å². The minimum Gasteiger partial charge on any atom is -0.318 e. The molecule has 0 aliphatic rings. The predicted molar refractivity (Wildman–Crippen MR) is 56.7 cm³/mol. The largest absolute Gasteiger partial charge is 0.340 e. The van der Waals surface area contributed by atoms with E-state index in [1.807, 2.05) is 0 Å². The third-order valence-corrected chi connectivity index (χ3v) is 2.30. The molecule has 0 aliphatic carbocycles. The zero-order valence-electron chi connectivity index (χ0n) is 7.70. The zero-order valence-corrected chi connectivity index (χ0v) is 8.45. The van der Waals surface area contributed by atoms with E-state index in [2.05, 4.69) is 15.2 Å². The second-order valence-electron chi connectivity index (χ2n) is 3.09. The Morgan fingerprint density at radius 1 is 1.33 bits per heavy atom. The molecular weight excluding hydrogens is 216 g/mol. The van der Waals surface area contributed by atoms with Gasteiger partial charge in [0.1, 0.15) is 0 Å². The first-order valence-electron chi connectivity index (χ1n) is 4.32. The Labute approximate surface area is 90.3 Å². The van der Waals surface area contributed by atoms with E-state index in [1.54, 1.807) is 24.3 Å². The van der Waals surface area contributed by atoms with Gasteiger partial charge in [-0.05, 0) is 17.7 Å². The van der Waals surface area contributed by atoms with Crippen LogP contribution < -0.4 is 11.4 Å². The summed E-state index contributed by atoms with van der Waals surface area (Å²) in [4.78, 5) is 13.3. The molecule has 0 saturated carbocycles. The Balaban J connectivity index is 2.31. The smallest absolute Gasteiger partial charge is 0.318 e. The molecule has 0 fully saturated rings. The van der Waals surface area contributed by atoms with Crippen molar-refractivity contribution in [1.82, 2.24) is 15.2 Å². The fourth-order valence-corrected chi connectivity index (χ4v) is 1.38. The molecule has 78 valence electrons. The van der Waals surface area contributed by atoms with Gasteiger partial charge in [0, 0.05) is 5.02 Å². The van der Waals surface area contributed by atoms with Crippen molar-refractivity contribution in [2.24, 2.45) is 5.73 Å². The predicted octanol–water partition coefficient (Wildman–Crippen LogP) is 0.800. The van der Waals surface area contributed by atoms with Crippen molar-refractivity contribution in [3.8, 4) is 0 Å². The quantitative estimate of drug-likeness (QED) is 0.705. The van der Waals surface area contributed by atoms with Crippen molar-refractivity contribution in [1.29, 1.82) is 0 Å². The summed E-state index contributed by atoms with van der Waals surface area (Å²) in [6.07, 6.45) is 0. The highest BCUT2D eigenvalue weighted by Crippen LogP contribution is 2.17. The number of halogens is 1. The lowest BCUT2D eigenvalue weighted by atomic mass is 10.1. The molecule has 1 unspecified atom stereocenters. The molecule has 1 aromatic carbocycles. The van der Waals surface area contributed by atoms with E-state index >= 15 is 0 Å². The van der Waals surface area contributed by atoms with Gasteiger partial charge in [-0.1, -0.05) is 23.7 Å². The summed E-state index contributed by atoms with van der Waals surface area (Å²) < 4.78 is 0. The molecule has 0 amide bonds. The van der Waals surface area contributed by atoms with E-state index in [-0.39, 0.29) is 5.69 Å². The summed E-state index contributed by atoms with van der Waals surface area (Å²) in [5.74, 6) is 0.405. The van der Waals surface area contributed by atoms with Crippen LogP contribution >= 0.6 is 11.6 Å². The molecule has 1 atom stereocenters. The van der Waals surface area contributed by atoms with Gasteiger partial charge in [-0.2, -0.15) is 5.10 Å². The van der Waals surface area contributed by atoms with Gasteiger partial charge in [-0.25, -0.2) is 9.89 Å². The number of aromatic nitrogens is 3. The number of aromatic amines is 2. The SMILES string of the molecule is NC(c1ccc(Cl)cc1)c1n[nH]c(=O)[nH]1. The highest BCUT2D eigenvalue weighted by Gasteiger charge is 2.11. The number of hydrogen-bond acceptors (Lipinski definition) is 3. The van der Waals surface area contributed by atoms with Crippen LogP contribution in [0.2, 0.25) is 5.02 Å². The summed E-state index contributed by atoms with van der Waals surface area (Å²) in [6, 6.07) is 6.60. The van der Waals surface area contributed by atoms with Gasteiger partial charge in [0.05, 0.1) is 6.04 Å². The summed E-state index contributed by atoms with van der Waals surface area (Å²) in [7, 11) is 0. The molecule has 0 bridgehead atoms. The maximum Gasteiger partial charge on any atom is 0.340 e. The molecule has 4 N–H and O–H groups in total. The van der Waals surface area contributed by atoms with Crippen molar-refractivity contribution < 1.29 is 0 Å². The second kappa shape index (κ2) is 3.88. The summed E-state index contributed by atoms with van der Waals surface area (Å²) in [6.45, 7) is 0. The van der Waals surface area contributed by atoms with Gasteiger partial charge in [-0.3, -0.25) is 4.98 Å². The highest BCUT2D eigenvalue weighted by molar-refractivity contribution is 6.30. The Morgan fingerprint density at radius 2 is 2.00 bits per heavy atom. The van der Waals surface area contributed by atoms with Crippen LogP contribution in [0.25, 0.3) is 0 Å². The van der Waals surface area contributed by atoms with E-state index in [1.165, 1.54) is 0 Å². The Morgan fingerprint density at radius 3 is 2.53 bits per heavy atom. The van der Waals surface area contributed by atoms with Crippen molar-refractivity contribution in [2.75, 3.05) is 0 Å². The van der Waals surface area contributed by atoms with E-state index in [0.717, 1.165) is 5.56 Å². The van der Waals surface area contributed by atoms with Gasteiger partial charge >= 0.3 is 5.69 Å². The Bertz CT molecular complexity index is 501. The minimum absolute atomic E-state index is 0.366. The van der Waals surface area contributed by atoms with Crippen LogP contribution in [-0.4, -0.2) is 15.2 Å². The Hall–Kier alpha value is -1.59. The van der Waals surface area contributed by atoms with Crippen molar-refractivity contribution >= 4 is 11.6 Å². The molecule has 6 heteroatoms. The average molecular weight is 225 g/mol. The molecule has 0 aliphatic heterocycles. The van der Waals surface area contributed by atoms with Crippen LogP contribution in [0.3, 0.4) is 0 Å². The maximum absolute atomic E-state index is 10.8. The fraction of sp³-hybridized carbons (Fsp3) is 0.111. The van der Waals surface area contributed by atoms with E-state index in [4.69, 9.17) is 17.3 Å². The summed E-state index contributed by atoms with van der Waals surface area (Å²) >= 11 is 5.75. The minimum atomic E-state index is -0.457. The molecule has 0 saturated heterocycles. The molecule has 2 aromatic rings. The first-order chi connectivity index (χ1) is 7.16. The molecule has 1 heterocycles. The first-order valence-corrected chi connectivity index (χ1v) is 4.70. The van der Waals surface area contributed by atoms with E-state index in [9.17, 15) is 4.79 Å². The van der Waals surface area contributed by atoms with Crippen LogP contribution in [0.5, 0.6) is 0 Å². The lowest BCUT2D eigenvalue weighted by Gasteiger charge is -2.07. The van der Waals surface area contributed by atoms with Crippen LogP contribution in [-0.2, 0) is 0 Å². The van der Waals surface area contributed by atoms with Gasteiger partial charge < -0.3 is 5.73 Å². The van der Waals surface area contributed by atoms with E-state index in [0.29, 0.717) is 10.8 Å². The highest BCUT2D eigenvalue weighted by atomic mass is 35.5. The summed E-state index contributed by atoms with van der Waals surface area (Å²) in [5, 5.41) is 6.67. The third-order valence-electron chi connectivity index (χ3n) is 2.04. The molecular formula is C9H9ClN4O. The average Bonchev–Trinajstić information content (AvgIpc) is 2.65. The zero-order chi connectivity index (χ0) is 10.8. The third kappa shape index (κ3) is 2.08. The van der Waals surface area contributed by atoms with Crippen LogP contribution in [0.15, 0.2) is 29.1 Å². The molecule has 5 nitrogen and oxygen atoms in total. The fourth-order valence-electron chi connectivity index (χ4n) is 1.26. The summed E-state index contributed by atoms with van der Waals surface area (Å²) in [5.41, 5.74) is 6.35. The molecule has 0 radical (unpaired) electrons. The number of benzene rings is 1. The van der Waals surface area contributed by atoms with Crippen molar-refractivity contribution in [2.45, 2.75) is 6.04 Å². The first kappa shape index (κ1) is 9.95. The number of H-pyrrole nitrogens is 2. The van der Waals surface area contributed by atoms with Crippen molar-refractivity contribution in [3.63, 3.8) is 0 Å². The number of nitrogens with zero attached hydrogens (tertiary/aromatic N) is 1. The van der Waals surface area contributed by atoms with Gasteiger partial charge in [0.2, 0.25) is 0 Å². The Kier molecular flexibility index (Phi) is 2.57. The van der Waals surface area contributed by atoms with Crippen molar-refractivity contribution in [3.05, 3.63) is 51.2 Å². The maximum atomic E-state index is 10.8. The molecule has 15 heavy (non-hydrogen) atoms. The standard InChI is InChI=1S/C9H9ClN4O/c10-6-3-1-5(2-4-6)7(11)8-12-9(15)14-13-8/h1-4,7H,11H2,(H2,12,13,14,15). The number of nitrogens with one attached hydrogen (secondary N) is 2. The molecule has 2 rings (SSSR count). The van der Waals surface area contributed by atoms with Crippen LogP contribution in [0.4, 0.5) is 0 Å². The lowest BCUT2D eigenvalue weighted by Crippen LogP contribution is -2.14. The van der Waals surface area contributed by atoms with Crippen LogP contribution in [0.1, 0.15) is 17.4 Å². The molecule has 0 spiro atoms. The lowest BCUT2D eigenvalue weighted by molar-refractivity contribution is 0.787. The molecule has 1 aromatic heterocycles. The monoisotopic (exact) mass is 224 g/mol. The van der Waals surface area contributed by atoms with Gasteiger partial charge in [-0.15, -0.1) is 0 Å². The van der Waals surface area contributed by atoms with E-state index < -0.39 is 6.04 Å². The topological polar surface area (TPSA) is 87.6 Å². The number of rotatable bonds is 2.